The molecule has 1 aromatic carbocycles. The number of anilines is 1. The molecule has 1 amide bonds. The number of nitrogens with one attached hydrogen (secondary N) is 1. The average molecular weight is 296 g/mol. The van der Waals surface area contributed by atoms with Gasteiger partial charge in [-0.3, -0.25) is 4.79 Å². The van der Waals surface area contributed by atoms with Crippen LogP contribution in [0.2, 0.25) is 5.02 Å². The van der Waals surface area contributed by atoms with Gasteiger partial charge in [-0.25, -0.2) is 4.79 Å². The highest BCUT2D eigenvalue weighted by atomic mass is 35.5. The van der Waals surface area contributed by atoms with Crippen LogP contribution in [0.5, 0.6) is 0 Å². The molecule has 2 rings (SSSR count). The summed E-state index contributed by atoms with van der Waals surface area (Å²) in [7, 11) is 0. The van der Waals surface area contributed by atoms with Crippen molar-refractivity contribution in [3.05, 3.63) is 28.8 Å². The molecule has 0 spiro atoms. The highest BCUT2D eigenvalue weighted by Crippen LogP contribution is 2.31. The molecule has 0 aromatic heterocycles. The molecule has 0 heterocycles. The minimum atomic E-state index is -1.10. The molecule has 108 valence electrons. The molecule has 2 N–H and O–H groups in total. The van der Waals surface area contributed by atoms with Crippen molar-refractivity contribution in [1.29, 1.82) is 0 Å². The predicted molar refractivity (Wildman–Crippen MR) is 78.2 cm³/mol. The number of amides is 1. The summed E-state index contributed by atoms with van der Waals surface area (Å²) in [6.45, 7) is 2.19. The predicted octanol–water partition coefficient (Wildman–Crippen LogP) is 3.80. The zero-order chi connectivity index (χ0) is 14.7. The molecule has 4 nitrogen and oxygen atoms in total. The van der Waals surface area contributed by atoms with Crippen LogP contribution in [0.15, 0.2) is 18.2 Å². The molecule has 5 heteroatoms. The van der Waals surface area contributed by atoms with Gasteiger partial charge in [-0.1, -0.05) is 24.6 Å². The quantitative estimate of drug-likeness (QED) is 0.891. The first-order valence-corrected chi connectivity index (χ1v) is 7.19. The van der Waals surface area contributed by atoms with Crippen molar-refractivity contribution in [2.24, 2.45) is 11.8 Å². The molecule has 0 unspecified atom stereocenters. The van der Waals surface area contributed by atoms with Crippen LogP contribution in [0.4, 0.5) is 5.69 Å². The highest BCUT2D eigenvalue weighted by molar-refractivity contribution is 6.34. The van der Waals surface area contributed by atoms with Gasteiger partial charge in [0.1, 0.15) is 0 Å². The van der Waals surface area contributed by atoms with Gasteiger partial charge in [-0.15, -0.1) is 0 Å². The number of carbonyl (C=O) groups is 2. The largest absolute Gasteiger partial charge is 0.478 e. The van der Waals surface area contributed by atoms with Gasteiger partial charge in [0, 0.05) is 5.92 Å². The number of hydrogen-bond donors (Lipinski definition) is 2. The third kappa shape index (κ3) is 3.31. The summed E-state index contributed by atoms with van der Waals surface area (Å²) in [6, 6.07) is 4.57. The Morgan fingerprint density at radius 3 is 2.50 bits per heavy atom. The second kappa shape index (κ2) is 6.27. The maximum atomic E-state index is 12.2. The second-order valence-electron chi connectivity index (χ2n) is 5.41. The first-order chi connectivity index (χ1) is 9.49. The smallest absolute Gasteiger partial charge is 0.337 e. The molecule has 0 bridgehead atoms. The van der Waals surface area contributed by atoms with E-state index in [-0.39, 0.29) is 28.1 Å². The number of benzene rings is 1. The van der Waals surface area contributed by atoms with Gasteiger partial charge in [0.25, 0.3) is 0 Å². The van der Waals surface area contributed by atoms with E-state index < -0.39 is 5.97 Å². The Morgan fingerprint density at radius 2 is 1.90 bits per heavy atom. The van der Waals surface area contributed by atoms with Crippen LogP contribution in [0, 0.1) is 11.8 Å². The molecular weight excluding hydrogens is 278 g/mol. The zero-order valence-corrected chi connectivity index (χ0v) is 12.1. The number of para-hydroxylation sites is 1. The number of halogens is 1. The summed E-state index contributed by atoms with van der Waals surface area (Å²) in [5.41, 5.74) is 0.223. The lowest BCUT2D eigenvalue weighted by Gasteiger charge is -2.25. The standard InChI is InChI=1S/C15H18ClNO3/c1-9-5-7-10(8-6-9)14(18)17-13-11(15(19)20)3-2-4-12(13)16/h2-4,9-10H,5-8H2,1H3,(H,17,18)(H,19,20). The Kier molecular flexibility index (Phi) is 4.65. The number of carboxylic acids is 1. The highest BCUT2D eigenvalue weighted by Gasteiger charge is 2.26. The third-order valence-corrected chi connectivity index (χ3v) is 4.19. The van der Waals surface area contributed by atoms with E-state index in [4.69, 9.17) is 16.7 Å². The van der Waals surface area contributed by atoms with Crippen LogP contribution < -0.4 is 5.32 Å². The lowest BCUT2D eigenvalue weighted by Crippen LogP contribution is -2.27. The number of hydrogen-bond acceptors (Lipinski definition) is 2. The van der Waals surface area contributed by atoms with Gasteiger partial charge < -0.3 is 10.4 Å². The Bertz CT molecular complexity index is 522. The van der Waals surface area contributed by atoms with E-state index in [1.807, 2.05) is 0 Å². The molecule has 1 aromatic rings. The number of carbonyl (C=O) groups excluding carboxylic acids is 1. The molecule has 1 aliphatic rings. The molecule has 1 aliphatic carbocycles. The van der Waals surface area contributed by atoms with E-state index in [1.54, 1.807) is 12.1 Å². The van der Waals surface area contributed by atoms with Gasteiger partial charge in [0.05, 0.1) is 16.3 Å². The molecule has 0 radical (unpaired) electrons. The summed E-state index contributed by atoms with van der Waals surface area (Å²) in [5.74, 6) is -0.620. The van der Waals surface area contributed by atoms with Crippen LogP contribution in [0.3, 0.4) is 0 Å². The van der Waals surface area contributed by atoms with Crippen LogP contribution in [0.25, 0.3) is 0 Å². The van der Waals surface area contributed by atoms with E-state index >= 15 is 0 Å². The minimum Gasteiger partial charge on any atom is -0.478 e. The number of rotatable bonds is 3. The Balaban J connectivity index is 2.13. The summed E-state index contributed by atoms with van der Waals surface area (Å²) < 4.78 is 0. The van der Waals surface area contributed by atoms with Crippen molar-refractivity contribution >= 4 is 29.2 Å². The zero-order valence-electron chi connectivity index (χ0n) is 11.4. The molecule has 0 atom stereocenters. The van der Waals surface area contributed by atoms with Crippen LogP contribution in [-0.2, 0) is 4.79 Å². The first-order valence-electron chi connectivity index (χ1n) is 6.81. The number of aromatic carboxylic acids is 1. The minimum absolute atomic E-state index is 0.0232. The maximum Gasteiger partial charge on any atom is 0.337 e. The fourth-order valence-electron chi connectivity index (χ4n) is 2.58. The van der Waals surface area contributed by atoms with E-state index in [1.165, 1.54) is 6.07 Å². The second-order valence-corrected chi connectivity index (χ2v) is 5.82. The Hall–Kier alpha value is -1.55. The fraction of sp³-hybridized carbons (Fsp3) is 0.467. The fourth-order valence-corrected chi connectivity index (χ4v) is 2.80. The normalized spacial score (nSPS) is 22.3. The van der Waals surface area contributed by atoms with Crippen molar-refractivity contribution in [1.82, 2.24) is 0 Å². The first kappa shape index (κ1) is 14.9. The summed E-state index contributed by atoms with van der Waals surface area (Å²) >= 11 is 6.00. The lowest BCUT2D eigenvalue weighted by atomic mass is 9.82. The van der Waals surface area contributed by atoms with Crippen molar-refractivity contribution in [3.63, 3.8) is 0 Å². The van der Waals surface area contributed by atoms with Crippen molar-refractivity contribution in [2.75, 3.05) is 5.32 Å². The van der Waals surface area contributed by atoms with Crippen molar-refractivity contribution in [2.45, 2.75) is 32.6 Å². The van der Waals surface area contributed by atoms with Gasteiger partial charge >= 0.3 is 5.97 Å². The van der Waals surface area contributed by atoms with Crippen LogP contribution in [-0.4, -0.2) is 17.0 Å². The Morgan fingerprint density at radius 1 is 1.25 bits per heavy atom. The molecular formula is C15H18ClNO3. The molecule has 1 saturated carbocycles. The lowest BCUT2D eigenvalue weighted by molar-refractivity contribution is -0.121. The van der Waals surface area contributed by atoms with Crippen LogP contribution >= 0.6 is 11.6 Å². The maximum absolute atomic E-state index is 12.2. The van der Waals surface area contributed by atoms with Crippen LogP contribution in [0.1, 0.15) is 43.0 Å². The van der Waals surface area contributed by atoms with E-state index in [0.717, 1.165) is 25.7 Å². The van der Waals surface area contributed by atoms with Gasteiger partial charge in [0.15, 0.2) is 0 Å². The van der Waals surface area contributed by atoms with Gasteiger partial charge in [-0.2, -0.15) is 0 Å². The average Bonchev–Trinajstić information content (AvgIpc) is 2.41. The van der Waals surface area contributed by atoms with E-state index in [0.29, 0.717) is 5.92 Å². The van der Waals surface area contributed by atoms with Gasteiger partial charge in [-0.05, 0) is 43.7 Å². The SMILES string of the molecule is CC1CCC(C(=O)Nc2c(Cl)cccc2C(=O)O)CC1. The summed E-state index contributed by atoms with van der Waals surface area (Å²) in [5, 5.41) is 12.1. The topological polar surface area (TPSA) is 66.4 Å². The van der Waals surface area contributed by atoms with E-state index in [9.17, 15) is 9.59 Å². The third-order valence-electron chi connectivity index (χ3n) is 3.88. The summed E-state index contributed by atoms with van der Waals surface area (Å²) in [6.07, 6.45) is 3.76. The van der Waals surface area contributed by atoms with Crippen molar-refractivity contribution < 1.29 is 14.7 Å². The van der Waals surface area contributed by atoms with Crippen molar-refractivity contribution in [3.8, 4) is 0 Å². The molecule has 20 heavy (non-hydrogen) atoms. The molecule has 1 fully saturated rings. The monoisotopic (exact) mass is 295 g/mol. The molecule has 0 saturated heterocycles. The molecule has 0 aliphatic heterocycles. The van der Waals surface area contributed by atoms with Gasteiger partial charge in [0.2, 0.25) is 5.91 Å². The van der Waals surface area contributed by atoms with E-state index in [2.05, 4.69) is 12.2 Å². The Labute approximate surface area is 123 Å². The summed E-state index contributed by atoms with van der Waals surface area (Å²) in [4.78, 5) is 23.4. The number of carboxylic acid groups (broad SMARTS) is 1.